The fourth-order valence-corrected chi connectivity index (χ4v) is 2.30. The molecule has 1 unspecified atom stereocenters. The van der Waals surface area contributed by atoms with Crippen LogP contribution in [0.3, 0.4) is 0 Å². The minimum atomic E-state index is -0.307. The molecule has 136 valence electrons. The van der Waals surface area contributed by atoms with Crippen LogP contribution in [-0.4, -0.2) is 41.5 Å². The average molecular weight is 347 g/mol. The van der Waals surface area contributed by atoms with Gasteiger partial charge in [0.15, 0.2) is 5.96 Å². The minimum absolute atomic E-state index is 0.157. The number of benzene rings is 1. The summed E-state index contributed by atoms with van der Waals surface area (Å²) in [5, 5.41) is 10.7. The molecule has 0 radical (unpaired) electrons. The third kappa shape index (κ3) is 6.82. The smallest absolute Gasteiger partial charge is 0.191 e. The van der Waals surface area contributed by atoms with Gasteiger partial charge in [0.25, 0.3) is 0 Å². The third-order valence-corrected chi connectivity index (χ3v) is 3.45. The van der Waals surface area contributed by atoms with E-state index in [1.54, 1.807) is 16.8 Å². The number of halogens is 1. The van der Waals surface area contributed by atoms with Crippen LogP contribution in [0.5, 0.6) is 5.75 Å². The molecule has 7 heteroatoms. The number of aryl methyl sites for hydroxylation is 1. The second kappa shape index (κ2) is 9.66. The summed E-state index contributed by atoms with van der Waals surface area (Å²) in [5.41, 5.74) is 1.17. The zero-order valence-corrected chi connectivity index (χ0v) is 15.0. The Morgan fingerprint density at radius 2 is 2.24 bits per heavy atom. The van der Waals surface area contributed by atoms with Crippen molar-refractivity contribution < 1.29 is 9.13 Å². The van der Waals surface area contributed by atoms with Crippen LogP contribution in [0, 0.1) is 5.82 Å². The van der Waals surface area contributed by atoms with Gasteiger partial charge in [-0.25, -0.2) is 9.38 Å². The van der Waals surface area contributed by atoms with Gasteiger partial charge in [-0.1, -0.05) is 6.07 Å². The van der Waals surface area contributed by atoms with Crippen molar-refractivity contribution in [2.24, 2.45) is 12.0 Å². The van der Waals surface area contributed by atoms with Gasteiger partial charge in [-0.3, -0.25) is 4.68 Å². The molecule has 2 N–H and O–H groups in total. The third-order valence-electron chi connectivity index (χ3n) is 3.45. The summed E-state index contributed by atoms with van der Waals surface area (Å²) in [6.45, 7) is 5.94. The number of hydrogen-bond donors (Lipinski definition) is 2. The molecule has 0 spiro atoms. The maximum Gasteiger partial charge on any atom is 0.191 e. The first-order valence-electron chi connectivity index (χ1n) is 8.48. The lowest BCUT2D eigenvalue weighted by molar-refractivity contribution is 0.229. The summed E-state index contributed by atoms with van der Waals surface area (Å²) in [4.78, 5) is 4.52. The Hall–Kier alpha value is -2.57. The number of nitrogens with one attached hydrogen (secondary N) is 2. The molecule has 2 aromatic rings. The summed E-state index contributed by atoms with van der Waals surface area (Å²) < 4.78 is 20.7. The summed E-state index contributed by atoms with van der Waals surface area (Å²) in [7, 11) is 1.91. The highest BCUT2D eigenvalue weighted by Gasteiger charge is 2.06. The first-order valence-corrected chi connectivity index (χ1v) is 8.48. The molecule has 1 atom stereocenters. The Kier molecular flexibility index (Phi) is 7.25. The van der Waals surface area contributed by atoms with E-state index in [2.05, 4.69) is 20.7 Å². The predicted molar refractivity (Wildman–Crippen MR) is 97.4 cm³/mol. The highest BCUT2D eigenvalue weighted by molar-refractivity contribution is 5.79. The molecule has 2 rings (SSSR count). The molecule has 0 saturated heterocycles. The lowest BCUT2D eigenvalue weighted by atomic mass is 10.2. The SMILES string of the molecule is CCNC(=NCC(C)Oc1cccc(F)c1)NCCc1cnn(C)c1. The van der Waals surface area contributed by atoms with Crippen molar-refractivity contribution in [3.8, 4) is 5.75 Å². The first kappa shape index (κ1) is 18.8. The van der Waals surface area contributed by atoms with Crippen LogP contribution >= 0.6 is 0 Å². The minimum Gasteiger partial charge on any atom is -0.489 e. The second-order valence-corrected chi connectivity index (χ2v) is 5.80. The zero-order chi connectivity index (χ0) is 18.1. The fraction of sp³-hybridized carbons (Fsp3) is 0.444. The first-order chi connectivity index (χ1) is 12.1. The van der Waals surface area contributed by atoms with E-state index in [1.807, 2.05) is 33.3 Å². The maximum absolute atomic E-state index is 13.2. The molecule has 0 bridgehead atoms. The number of hydrogen-bond acceptors (Lipinski definition) is 3. The Bertz CT molecular complexity index is 686. The van der Waals surface area contributed by atoms with Crippen molar-refractivity contribution in [2.45, 2.75) is 26.4 Å². The van der Waals surface area contributed by atoms with Crippen LogP contribution < -0.4 is 15.4 Å². The average Bonchev–Trinajstić information content (AvgIpc) is 2.98. The molecule has 6 nitrogen and oxygen atoms in total. The Balaban J connectivity index is 1.81. The fourth-order valence-electron chi connectivity index (χ4n) is 2.30. The number of guanidine groups is 1. The van der Waals surface area contributed by atoms with Crippen molar-refractivity contribution in [2.75, 3.05) is 19.6 Å². The lowest BCUT2D eigenvalue weighted by Gasteiger charge is -2.15. The molecule has 0 saturated carbocycles. The van der Waals surface area contributed by atoms with Crippen molar-refractivity contribution in [1.82, 2.24) is 20.4 Å². The number of aliphatic imine (C=N–C) groups is 1. The van der Waals surface area contributed by atoms with Gasteiger partial charge in [0.05, 0.1) is 12.7 Å². The highest BCUT2D eigenvalue weighted by atomic mass is 19.1. The molecular weight excluding hydrogens is 321 g/mol. The molecule has 0 aliphatic heterocycles. The topological polar surface area (TPSA) is 63.5 Å². The van der Waals surface area contributed by atoms with Gasteiger partial charge >= 0.3 is 0 Å². The van der Waals surface area contributed by atoms with E-state index in [4.69, 9.17) is 4.74 Å². The molecule has 0 aliphatic carbocycles. The maximum atomic E-state index is 13.2. The normalized spacial score (nSPS) is 12.7. The van der Waals surface area contributed by atoms with Gasteiger partial charge in [0, 0.05) is 32.4 Å². The van der Waals surface area contributed by atoms with Gasteiger partial charge in [-0.2, -0.15) is 5.10 Å². The van der Waals surface area contributed by atoms with Crippen LogP contribution in [0.15, 0.2) is 41.7 Å². The second-order valence-electron chi connectivity index (χ2n) is 5.80. The largest absolute Gasteiger partial charge is 0.489 e. The van der Waals surface area contributed by atoms with Crippen LogP contribution in [0.1, 0.15) is 19.4 Å². The molecule has 25 heavy (non-hydrogen) atoms. The van der Waals surface area contributed by atoms with Crippen LogP contribution in [0.25, 0.3) is 0 Å². The molecule has 1 aromatic carbocycles. The summed E-state index contributed by atoms with van der Waals surface area (Å²) in [6, 6.07) is 6.13. The lowest BCUT2D eigenvalue weighted by Crippen LogP contribution is -2.39. The van der Waals surface area contributed by atoms with E-state index in [0.717, 1.165) is 25.5 Å². The van der Waals surface area contributed by atoms with Crippen molar-refractivity contribution in [3.05, 3.63) is 48.0 Å². The quantitative estimate of drug-likeness (QED) is 0.567. The predicted octanol–water partition coefficient (Wildman–Crippen LogP) is 2.12. The van der Waals surface area contributed by atoms with Crippen LogP contribution in [-0.2, 0) is 13.5 Å². The van der Waals surface area contributed by atoms with Crippen LogP contribution in [0.4, 0.5) is 4.39 Å². The molecule has 0 amide bonds. The summed E-state index contributed by atoms with van der Waals surface area (Å²) in [6.07, 6.45) is 4.57. The van der Waals surface area contributed by atoms with Gasteiger partial charge in [0.1, 0.15) is 17.7 Å². The molecule has 0 fully saturated rings. The molecular formula is C18H26FN5O. The zero-order valence-electron chi connectivity index (χ0n) is 15.0. The van der Waals surface area contributed by atoms with Crippen molar-refractivity contribution in [3.63, 3.8) is 0 Å². The number of aromatic nitrogens is 2. The summed E-state index contributed by atoms with van der Waals surface area (Å²) in [5.74, 6) is 0.942. The number of rotatable bonds is 8. The van der Waals surface area contributed by atoms with Crippen molar-refractivity contribution in [1.29, 1.82) is 0 Å². The molecule has 1 heterocycles. The standard InChI is InChI=1S/C18H26FN5O/c1-4-20-18(21-9-8-15-12-23-24(3)13-15)22-11-14(2)25-17-7-5-6-16(19)10-17/h5-7,10,12-14H,4,8-9,11H2,1-3H3,(H2,20,21,22). The van der Waals surface area contributed by atoms with E-state index < -0.39 is 0 Å². The van der Waals surface area contributed by atoms with E-state index in [-0.39, 0.29) is 11.9 Å². The number of nitrogens with zero attached hydrogens (tertiary/aromatic N) is 3. The van der Waals surface area contributed by atoms with E-state index >= 15 is 0 Å². The van der Waals surface area contributed by atoms with Gasteiger partial charge in [0.2, 0.25) is 0 Å². The van der Waals surface area contributed by atoms with E-state index in [1.165, 1.54) is 17.7 Å². The highest BCUT2D eigenvalue weighted by Crippen LogP contribution is 2.13. The molecule has 1 aromatic heterocycles. The number of ether oxygens (including phenoxy) is 1. The summed E-state index contributed by atoms with van der Waals surface area (Å²) >= 11 is 0. The van der Waals surface area contributed by atoms with E-state index in [0.29, 0.717) is 12.3 Å². The Morgan fingerprint density at radius 3 is 2.92 bits per heavy atom. The van der Waals surface area contributed by atoms with Gasteiger partial charge in [-0.15, -0.1) is 0 Å². The van der Waals surface area contributed by atoms with E-state index in [9.17, 15) is 4.39 Å². The molecule has 0 aliphatic rings. The monoisotopic (exact) mass is 347 g/mol. The van der Waals surface area contributed by atoms with Crippen molar-refractivity contribution >= 4 is 5.96 Å². The van der Waals surface area contributed by atoms with Gasteiger partial charge in [-0.05, 0) is 38.0 Å². The Labute approximate surface area is 148 Å². The Morgan fingerprint density at radius 1 is 1.40 bits per heavy atom. The van der Waals surface area contributed by atoms with Crippen LogP contribution in [0.2, 0.25) is 0 Å². The van der Waals surface area contributed by atoms with Gasteiger partial charge < -0.3 is 15.4 Å².